The summed E-state index contributed by atoms with van der Waals surface area (Å²) in [4.78, 5) is 11.1. The van der Waals surface area contributed by atoms with Gasteiger partial charge >= 0.3 is 0 Å². The van der Waals surface area contributed by atoms with Crippen molar-refractivity contribution in [2.45, 2.75) is 46.0 Å². The van der Waals surface area contributed by atoms with Gasteiger partial charge in [0, 0.05) is 6.42 Å². The first-order valence-electron chi connectivity index (χ1n) is 4.94. The van der Waals surface area contributed by atoms with Gasteiger partial charge in [-0.1, -0.05) is 25.8 Å². The van der Waals surface area contributed by atoms with Crippen LogP contribution in [0.5, 0.6) is 0 Å². The largest absolute Gasteiger partial charge is 0.295 e. The van der Waals surface area contributed by atoms with Crippen molar-refractivity contribution in [3.8, 4) is 0 Å². The Morgan fingerprint density at radius 2 is 2.25 bits per heavy atom. The first-order chi connectivity index (χ1) is 5.72. The molecular weight excluding hydrogens is 148 g/mol. The van der Waals surface area contributed by atoms with Gasteiger partial charge in [-0.05, 0) is 31.3 Å². The molecule has 68 valence electrons. The summed E-state index contributed by atoms with van der Waals surface area (Å²) in [7, 11) is 0. The van der Waals surface area contributed by atoms with E-state index < -0.39 is 0 Å². The number of rotatable bonds is 3. The number of hydrogen-bond acceptors (Lipinski definition) is 1. The minimum absolute atomic E-state index is 0.333. The van der Waals surface area contributed by atoms with Gasteiger partial charge in [0.1, 0.15) is 0 Å². The number of carbonyl (C=O) groups excluding carboxylic acids is 1. The monoisotopic (exact) mass is 166 g/mol. The predicted molar refractivity (Wildman–Crippen MR) is 51.0 cm³/mol. The summed E-state index contributed by atoms with van der Waals surface area (Å²) >= 11 is 0. The molecule has 0 aromatic rings. The molecule has 1 atom stereocenters. The van der Waals surface area contributed by atoms with Crippen molar-refractivity contribution in [3.63, 3.8) is 0 Å². The van der Waals surface area contributed by atoms with E-state index in [0.717, 1.165) is 31.6 Å². The van der Waals surface area contributed by atoms with E-state index in [1.807, 2.05) is 6.08 Å². The molecule has 0 aliphatic heterocycles. The van der Waals surface area contributed by atoms with Crippen LogP contribution in [-0.2, 0) is 4.79 Å². The highest BCUT2D eigenvalue weighted by molar-refractivity contribution is 5.91. The molecule has 0 N–H and O–H groups in total. The molecule has 1 unspecified atom stereocenters. The normalized spacial score (nSPS) is 20.5. The molecule has 1 aliphatic carbocycles. The Labute approximate surface area is 74.9 Å². The molecule has 0 aromatic carbocycles. The Bertz CT molecular complexity index is 191. The van der Waals surface area contributed by atoms with Crippen LogP contribution in [-0.4, -0.2) is 5.78 Å². The molecule has 0 radical (unpaired) electrons. The summed E-state index contributed by atoms with van der Waals surface area (Å²) < 4.78 is 0. The molecule has 0 saturated heterocycles. The first-order valence-corrected chi connectivity index (χ1v) is 4.94. The van der Waals surface area contributed by atoms with Gasteiger partial charge < -0.3 is 0 Å². The summed E-state index contributed by atoms with van der Waals surface area (Å²) in [5.74, 6) is 1.07. The van der Waals surface area contributed by atoms with Gasteiger partial charge in [0.25, 0.3) is 0 Å². The second kappa shape index (κ2) is 4.44. The van der Waals surface area contributed by atoms with Gasteiger partial charge in [0.05, 0.1) is 0 Å². The zero-order chi connectivity index (χ0) is 8.97. The zero-order valence-corrected chi connectivity index (χ0v) is 8.10. The smallest absolute Gasteiger partial charge is 0.155 e. The summed E-state index contributed by atoms with van der Waals surface area (Å²) in [5.41, 5.74) is 1.38. The Kier molecular flexibility index (Phi) is 3.51. The van der Waals surface area contributed by atoms with E-state index in [4.69, 9.17) is 0 Å². The lowest BCUT2D eigenvalue weighted by Gasteiger charge is -2.15. The standard InChI is InChI=1S/C11H18O/c1-3-9(2)7-10-5-4-6-11(12)8-10/h8-9H,3-7H2,1-2H3. The van der Waals surface area contributed by atoms with E-state index in [2.05, 4.69) is 13.8 Å². The lowest BCUT2D eigenvalue weighted by atomic mass is 9.90. The summed E-state index contributed by atoms with van der Waals surface area (Å²) in [5, 5.41) is 0. The van der Waals surface area contributed by atoms with Crippen LogP contribution in [0, 0.1) is 5.92 Å². The van der Waals surface area contributed by atoms with Crippen LogP contribution in [0.3, 0.4) is 0 Å². The van der Waals surface area contributed by atoms with Gasteiger partial charge in [-0.2, -0.15) is 0 Å². The topological polar surface area (TPSA) is 17.1 Å². The fourth-order valence-electron chi connectivity index (χ4n) is 1.61. The molecule has 0 saturated carbocycles. The minimum atomic E-state index is 0.333. The second-order valence-electron chi connectivity index (χ2n) is 3.84. The van der Waals surface area contributed by atoms with Gasteiger partial charge in [0.15, 0.2) is 5.78 Å². The highest BCUT2D eigenvalue weighted by Gasteiger charge is 2.11. The molecule has 0 fully saturated rings. The van der Waals surface area contributed by atoms with Gasteiger partial charge in [-0.3, -0.25) is 4.79 Å². The van der Waals surface area contributed by atoms with E-state index in [1.165, 1.54) is 12.0 Å². The number of ketones is 1. The molecule has 0 bridgehead atoms. The van der Waals surface area contributed by atoms with Gasteiger partial charge in [-0.25, -0.2) is 0 Å². The van der Waals surface area contributed by atoms with Crippen LogP contribution in [0.25, 0.3) is 0 Å². The maximum Gasteiger partial charge on any atom is 0.155 e. The molecule has 0 heterocycles. The van der Waals surface area contributed by atoms with E-state index in [9.17, 15) is 4.79 Å². The quantitative estimate of drug-likeness (QED) is 0.629. The van der Waals surface area contributed by atoms with Gasteiger partial charge in [0.2, 0.25) is 0 Å². The maximum atomic E-state index is 11.1. The van der Waals surface area contributed by atoms with Crippen molar-refractivity contribution in [1.29, 1.82) is 0 Å². The SMILES string of the molecule is CCC(C)CC1=CC(=O)CCC1. The van der Waals surface area contributed by atoms with Crippen LogP contribution in [0.15, 0.2) is 11.6 Å². The molecule has 1 heteroatoms. The molecule has 0 aromatic heterocycles. The number of hydrogen-bond donors (Lipinski definition) is 0. The maximum absolute atomic E-state index is 11.1. The van der Waals surface area contributed by atoms with Crippen molar-refractivity contribution in [2.75, 3.05) is 0 Å². The summed E-state index contributed by atoms with van der Waals surface area (Å²) in [6.07, 6.45) is 7.20. The summed E-state index contributed by atoms with van der Waals surface area (Å²) in [6, 6.07) is 0. The number of carbonyl (C=O) groups is 1. The van der Waals surface area contributed by atoms with Crippen LogP contribution in [0.4, 0.5) is 0 Å². The molecule has 0 amide bonds. The lowest BCUT2D eigenvalue weighted by molar-refractivity contribution is -0.115. The minimum Gasteiger partial charge on any atom is -0.295 e. The molecule has 1 nitrogen and oxygen atoms in total. The Balaban J connectivity index is 2.45. The van der Waals surface area contributed by atoms with E-state index >= 15 is 0 Å². The lowest BCUT2D eigenvalue weighted by Crippen LogP contribution is -2.05. The van der Waals surface area contributed by atoms with Crippen LogP contribution >= 0.6 is 0 Å². The third-order valence-electron chi connectivity index (χ3n) is 2.59. The van der Waals surface area contributed by atoms with Crippen molar-refractivity contribution in [2.24, 2.45) is 5.92 Å². The van der Waals surface area contributed by atoms with E-state index in [0.29, 0.717) is 5.78 Å². The second-order valence-corrected chi connectivity index (χ2v) is 3.84. The van der Waals surface area contributed by atoms with Crippen molar-refractivity contribution < 1.29 is 4.79 Å². The summed E-state index contributed by atoms with van der Waals surface area (Å²) in [6.45, 7) is 4.45. The molecule has 12 heavy (non-hydrogen) atoms. The number of allylic oxidation sites excluding steroid dienone is 2. The third-order valence-corrected chi connectivity index (χ3v) is 2.59. The van der Waals surface area contributed by atoms with E-state index in [-0.39, 0.29) is 0 Å². The Morgan fingerprint density at radius 3 is 2.83 bits per heavy atom. The zero-order valence-electron chi connectivity index (χ0n) is 8.10. The molecule has 1 rings (SSSR count). The van der Waals surface area contributed by atoms with Gasteiger partial charge in [-0.15, -0.1) is 0 Å². The molecule has 0 spiro atoms. The Hall–Kier alpha value is -0.590. The van der Waals surface area contributed by atoms with Crippen LogP contribution in [0.2, 0.25) is 0 Å². The Morgan fingerprint density at radius 1 is 1.50 bits per heavy atom. The molecular formula is C11H18O. The fourth-order valence-corrected chi connectivity index (χ4v) is 1.61. The third kappa shape index (κ3) is 2.80. The first kappa shape index (κ1) is 9.50. The van der Waals surface area contributed by atoms with Crippen molar-refractivity contribution in [3.05, 3.63) is 11.6 Å². The predicted octanol–water partition coefficient (Wildman–Crippen LogP) is 3.10. The average molecular weight is 166 g/mol. The average Bonchev–Trinajstić information content (AvgIpc) is 2.04. The van der Waals surface area contributed by atoms with E-state index in [1.54, 1.807) is 0 Å². The van der Waals surface area contributed by atoms with Crippen LogP contribution < -0.4 is 0 Å². The fraction of sp³-hybridized carbons (Fsp3) is 0.727. The van der Waals surface area contributed by atoms with Crippen LogP contribution in [0.1, 0.15) is 46.0 Å². The highest BCUT2D eigenvalue weighted by atomic mass is 16.1. The van der Waals surface area contributed by atoms with Crippen molar-refractivity contribution >= 4 is 5.78 Å². The van der Waals surface area contributed by atoms with Crippen molar-refractivity contribution in [1.82, 2.24) is 0 Å². The highest BCUT2D eigenvalue weighted by Crippen LogP contribution is 2.23. The molecule has 1 aliphatic rings.